The van der Waals surface area contributed by atoms with Crippen molar-refractivity contribution in [2.24, 2.45) is 32.2 Å². The van der Waals surface area contributed by atoms with E-state index in [-0.39, 0.29) is 18.3 Å². The van der Waals surface area contributed by atoms with Crippen LogP contribution in [0.4, 0.5) is 11.4 Å². The number of carbonyl (C=O) groups excluding carboxylic acids is 1. The van der Waals surface area contributed by atoms with Crippen molar-refractivity contribution in [2.75, 3.05) is 19.4 Å². The molecule has 0 bridgehead atoms. The Kier molecular flexibility index (Phi) is 8.71. The Hall–Kier alpha value is -4.17. The maximum absolute atomic E-state index is 12.5. The molecule has 33 heavy (non-hydrogen) atoms. The van der Waals surface area contributed by atoms with E-state index in [2.05, 4.69) is 20.3 Å². The van der Waals surface area contributed by atoms with Crippen molar-refractivity contribution < 1.29 is 4.79 Å². The summed E-state index contributed by atoms with van der Waals surface area (Å²) in [6.45, 7) is 0. The van der Waals surface area contributed by atoms with Crippen molar-refractivity contribution in [3.63, 3.8) is 0 Å². The molecule has 9 heteroatoms. The summed E-state index contributed by atoms with van der Waals surface area (Å²) in [7, 11) is 3.26. The summed E-state index contributed by atoms with van der Waals surface area (Å²) in [6.07, 6.45) is 0. The van der Waals surface area contributed by atoms with Crippen LogP contribution in [-0.4, -0.2) is 37.5 Å². The maximum atomic E-state index is 12.5. The predicted octanol–water partition coefficient (Wildman–Crippen LogP) is 3.07. The van der Waals surface area contributed by atoms with Gasteiger partial charge in [0.1, 0.15) is 17.5 Å². The number of nitrogens with two attached hydrogens (primary N) is 3. The number of carbonyl (C=O) groups is 1. The molecule has 0 aliphatic heterocycles. The summed E-state index contributed by atoms with van der Waals surface area (Å²) >= 11 is 0. The minimum absolute atomic E-state index is 0. The SMILES string of the molecule is CN=C(N)c1ccc(N=C(N)c2ccc(NC(=O)c3ccc(C(N)=NC)cc3)cc2)cc1.Cl. The van der Waals surface area contributed by atoms with Crippen LogP contribution >= 0.6 is 12.4 Å². The Bertz CT molecular complexity index is 1180. The number of benzene rings is 3. The first-order chi connectivity index (χ1) is 15.4. The highest BCUT2D eigenvalue weighted by Gasteiger charge is 2.08. The minimum Gasteiger partial charge on any atom is -0.384 e. The molecule has 170 valence electrons. The van der Waals surface area contributed by atoms with Gasteiger partial charge in [-0.05, 0) is 60.7 Å². The number of nitrogens with zero attached hydrogens (tertiary/aromatic N) is 3. The van der Waals surface area contributed by atoms with E-state index in [9.17, 15) is 4.79 Å². The van der Waals surface area contributed by atoms with Gasteiger partial charge in [0.25, 0.3) is 5.91 Å². The zero-order valence-electron chi connectivity index (χ0n) is 18.3. The normalized spacial score (nSPS) is 12.1. The Balaban J connectivity index is 0.00000385. The molecule has 3 aromatic carbocycles. The molecule has 3 aromatic rings. The van der Waals surface area contributed by atoms with Gasteiger partial charge in [-0.2, -0.15) is 0 Å². The number of hydrogen-bond donors (Lipinski definition) is 4. The van der Waals surface area contributed by atoms with Crippen LogP contribution in [0.2, 0.25) is 0 Å². The second kappa shape index (κ2) is 11.4. The highest BCUT2D eigenvalue weighted by atomic mass is 35.5. The number of rotatable bonds is 6. The van der Waals surface area contributed by atoms with Crippen LogP contribution in [0.3, 0.4) is 0 Å². The molecule has 0 atom stereocenters. The van der Waals surface area contributed by atoms with Gasteiger partial charge in [0, 0.05) is 42.0 Å². The first-order valence-electron chi connectivity index (χ1n) is 9.82. The highest BCUT2D eigenvalue weighted by Crippen LogP contribution is 2.16. The van der Waals surface area contributed by atoms with Crippen molar-refractivity contribution in [2.45, 2.75) is 0 Å². The molecule has 0 aliphatic rings. The molecule has 3 rings (SSSR count). The smallest absolute Gasteiger partial charge is 0.255 e. The van der Waals surface area contributed by atoms with Gasteiger partial charge >= 0.3 is 0 Å². The largest absolute Gasteiger partial charge is 0.384 e. The first-order valence-corrected chi connectivity index (χ1v) is 9.82. The number of amides is 1. The zero-order chi connectivity index (χ0) is 23.1. The first kappa shape index (κ1) is 25.1. The molecule has 0 heterocycles. The van der Waals surface area contributed by atoms with Crippen LogP contribution in [-0.2, 0) is 0 Å². The summed E-state index contributed by atoms with van der Waals surface area (Å²) < 4.78 is 0. The summed E-state index contributed by atoms with van der Waals surface area (Å²) in [4.78, 5) is 24.8. The van der Waals surface area contributed by atoms with Crippen molar-refractivity contribution in [3.05, 3.63) is 95.1 Å². The van der Waals surface area contributed by atoms with E-state index in [4.69, 9.17) is 17.2 Å². The number of nitrogens with one attached hydrogen (secondary N) is 1. The average molecular weight is 464 g/mol. The maximum Gasteiger partial charge on any atom is 0.255 e. The minimum atomic E-state index is -0.229. The van der Waals surface area contributed by atoms with Crippen molar-refractivity contribution in [1.29, 1.82) is 0 Å². The van der Waals surface area contributed by atoms with E-state index >= 15 is 0 Å². The van der Waals surface area contributed by atoms with Crippen molar-refractivity contribution in [1.82, 2.24) is 0 Å². The Morgan fingerprint density at radius 1 is 0.636 bits per heavy atom. The van der Waals surface area contributed by atoms with Gasteiger partial charge in [-0.1, -0.05) is 12.1 Å². The van der Waals surface area contributed by atoms with Gasteiger partial charge in [0.2, 0.25) is 0 Å². The lowest BCUT2D eigenvalue weighted by Gasteiger charge is -2.08. The Morgan fingerprint density at radius 2 is 1.03 bits per heavy atom. The second-order valence-electron chi connectivity index (χ2n) is 6.87. The van der Waals surface area contributed by atoms with E-state index in [0.29, 0.717) is 34.4 Å². The molecule has 0 aliphatic carbocycles. The molecule has 0 unspecified atom stereocenters. The van der Waals surface area contributed by atoms with E-state index in [1.54, 1.807) is 62.6 Å². The third kappa shape index (κ3) is 6.41. The molecule has 0 radical (unpaired) electrons. The Labute approximate surface area is 198 Å². The van der Waals surface area contributed by atoms with E-state index in [1.807, 2.05) is 24.3 Å². The number of anilines is 1. The molecule has 0 spiro atoms. The Morgan fingerprint density at radius 3 is 1.52 bits per heavy atom. The lowest BCUT2D eigenvalue weighted by atomic mass is 10.1. The molecule has 0 fully saturated rings. The van der Waals surface area contributed by atoms with Crippen molar-refractivity contribution in [3.8, 4) is 0 Å². The van der Waals surface area contributed by atoms with Gasteiger partial charge in [-0.3, -0.25) is 14.8 Å². The standard InChI is InChI=1S/C24H25N7O.ClH/c1-28-21(25)15-3-5-18(6-4-15)24(32)31-20-13-9-17(10-14-20)23(27)30-19-11-7-16(8-12-19)22(26)29-2;/h3-14H,1-2H3,(H2,25,28)(H2,26,29)(H2,27,30)(H,31,32);1H. The van der Waals surface area contributed by atoms with Crippen LogP contribution in [0.5, 0.6) is 0 Å². The molecule has 1 amide bonds. The molecule has 7 N–H and O–H groups in total. The summed E-state index contributed by atoms with van der Waals surface area (Å²) in [5, 5.41) is 2.85. The fraction of sp³-hybridized carbons (Fsp3) is 0.0833. The third-order valence-corrected chi connectivity index (χ3v) is 4.78. The van der Waals surface area contributed by atoms with E-state index < -0.39 is 0 Å². The van der Waals surface area contributed by atoms with Crippen LogP contribution in [0.1, 0.15) is 27.0 Å². The number of halogens is 1. The van der Waals surface area contributed by atoms with Crippen LogP contribution < -0.4 is 22.5 Å². The van der Waals surface area contributed by atoms with Gasteiger partial charge in [-0.25, -0.2) is 4.99 Å². The zero-order valence-corrected chi connectivity index (χ0v) is 19.1. The van der Waals surface area contributed by atoms with Gasteiger partial charge < -0.3 is 22.5 Å². The van der Waals surface area contributed by atoms with Gasteiger partial charge in [0.05, 0.1) is 5.69 Å². The molecular weight excluding hydrogens is 438 g/mol. The monoisotopic (exact) mass is 463 g/mol. The van der Waals surface area contributed by atoms with Crippen LogP contribution in [0.25, 0.3) is 0 Å². The molecule has 0 saturated carbocycles. The van der Waals surface area contributed by atoms with Gasteiger partial charge in [-0.15, -0.1) is 12.4 Å². The van der Waals surface area contributed by atoms with E-state index in [1.165, 1.54) is 0 Å². The fourth-order valence-corrected chi connectivity index (χ4v) is 2.89. The quantitative estimate of drug-likeness (QED) is 0.329. The third-order valence-electron chi connectivity index (χ3n) is 4.78. The number of hydrogen-bond acceptors (Lipinski definition) is 4. The number of aliphatic imine (C=N–C) groups is 3. The summed E-state index contributed by atoms with van der Waals surface area (Å²) in [5.41, 5.74) is 21.9. The highest BCUT2D eigenvalue weighted by molar-refractivity contribution is 6.06. The molecule has 0 aromatic heterocycles. The predicted molar refractivity (Wildman–Crippen MR) is 138 cm³/mol. The van der Waals surface area contributed by atoms with Crippen LogP contribution in [0, 0.1) is 0 Å². The topological polar surface area (TPSA) is 144 Å². The molecule has 8 nitrogen and oxygen atoms in total. The average Bonchev–Trinajstić information content (AvgIpc) is 2.84. The number of amidine groups is 3. The van der Waals surface area contributed by atoms with Gasteiger partial charge in [0.15, 0.2) is 0 Å². The molecular formula is C24H26ClN7O. The van der Waals surface area contributed by atoms with Crippen molar-refractivity contribution >= 4 is 47.2 Å². The fourth-order valence-electron chi connectivity index (χ4n) is 2.89. The second-order valence-corrected chi connectivity index (χ2v) is 6.87. The lowest BCUT2D eigenvalue weighted by molar-refractivity contribution is 0.102. The van der Waals surface area contributed by atoms with E-state index in [0.717, 1.165) is 16.7 Å². The summed E-state index contributed by atoms with van der Waals surface area (Å²) in [6, 6.07) is 21.4. The lowest BCUT2D eigenvalue weighted by Crippen LogP contribution is -2.15. The van der Waals surface area contributed by atoms with Crippen LogP contribution in [0.15, 0.2) is 87.8 Å². The summed E-state index contributed by atoms with van der Waals surface area (Å²) in [5.74, 6) is 1.01. The molecule has 0 saturated heterocycles.